The fraction of sp³-hybridized carbons (Fsp3) is 0.222. The van der Waals surface area contributed by atoms with Gasteiger partial charge < -0.3 is 5.73 Å². The second kappa shape index (κ2) is 8.18. The zero-order valence-electron chi connectivity index (χ0n) is 13.5. The molecule has 0 aliphatic carbocycles. The largest absolute Gasteiger partial charge is 0.369 e. The van der Waals surface area contributed by atoms with Crippen LogP contribution in [0.5, 0.6) is 0 Å². The zero-order valence-corrected chi connectivity index (χ0v) is 15.0. The fourth-order valence-corrected chi connectivity index (χ4v) is 2.68. The van der Waals surface area contributed by atoms with Crippen molar-refractivity contribution in [1.82, 2.24) is 5.32 Å². The van der Waals surface area contributed by atoms with Gasteiger partial charge in [0.1, 0.15) is 0 Å². The molecule has 0 unspecified atom stereocenters. The summed E-state index contributed by atoms with van der Waals surface area (Å²) in [7, 11) is 0. The van der Waals surface area contributed by atoms with E-state index in [0.29, 0.717) is 27.2 Å². The molecule has 24 heavy (non-hydrogen) atoms. The minimum Gasteiger partial charge on any atom is -0.369 e. The molecule has 0 bridgehead atoms. The molecular weight excluding hydrogens is 345 g/mol. The molecule has 0 heterocycles. The van der Waals surface area contributed by atoms with E-state index in [1.807, 2.05) is 24.3 Å². The summed E-state index contributed by atoms with van der Waals surface area (Å²) in [5, 5.41) is 3.42. The van der Waals surface area contributed by atoms with Crippen LogP contribution in [0.3, 0.4) is 0 Å². The van der Waals surface area contributed by atoms with Gasteiger partial charge in [-0.1, -0.05) is 55.2 Å². The number of aliphatic imine (C=N–C) groups is 1. The van der Waals surface area contributed by atoms with E-state index in [4.69, 9.17) is 28.9 Å². The summed E-state index contributed by atoms with van der Waals surface area (Å²) >= 11 is 12.1. The van der Waals surface area contributed by atoms with Crippen molar-refractivity contribution >= 4 is 40.8 Å². The van der Waals surface area contributed by atoms with Crippen molar-refractivity contribution in [1.29, 1.82) is 0 Å². The van der Waals surface area contributed by atoms with Crippen LogP contribution in [0.25, 0.3) is 0 Å². The van der Waals surface area contributed by atoms with E-state index in [-0.39, 0.29) is 18.3 Å². The molecule has 0 aliphatic heterocycles. The number of carbonyl (C=O) groups excluding carboxylic acids is 1. The quantitative estimate of drug-likeness (QED) is 0.623. The number of rotatable bonds is 4. The Balaban J connectivity index is 2.03. The molecule has 0 spiro atoms. The van der Waals surface area contributed by atoms with E-state index in [1.54, 1.807) is 18.2 Å². The van der Waals surface area contributed by atoms with Crippen molar-refractivity contribution in [3.05, 3.63) is 63.6 Å². The summed E-state index contributed by atoms with van der Waals surface area (Å²) in [5.41, 5.74) is 8.24. The molecule has 3 N–H and O–H groups in total. The maximum Gasteiger partial charge on any atom is 0.231 e. The van der Waals surface area contributed by atoms with Gasteiger partial charge in [0.2, 0.25) is 11.9 Å². The van der Waals surface area contributed by atoms with Crippen molar-refractivity contribution in [3.8, 4) is 0 Å². The van der Waals surface area contributed by atoms with E-state index in [9.17, 15) is 4.79 Å². The summed E-state index contributed by atoms with van der Waals surface area (Å²) in [6.45, 7) is 4.24. The number of hydrogen-bond donors (Lipinski definition) is 2. The molecule has 0 fully saturated rings. The molecule has 6 heteroatoms. The van der Waals surface area contributed by atoms with Crippen LogP contribution in [0.15, 0.2) is 47.5 Å². The van der Waals surface area contributed by atoms with Gasteiger partial charge >= 0.3 is 0 Å². The van der Waals surface area contributed by atoms with E-state index in [1.165, 1.54) is 5.56 Å². The lowest BCUT2D eigenvalue weighted by molar-refractivity contribution is -0.119. The number of halogens is 2. The van der Waals surface area contributed by atoms with Gasteiger partial charge in [0.25, 0.3) is 0 Å². The van der Waals surface area contributed by atoms with Gasteiger partial charge in [0.05, 0.1) is 12.1 Å². The summed E-state index contributed by atoms with van der Waals surface area (Å²) < 4.78 is 0. The maximum absolute atomic E-state index is 12.1. The first-order valence-electron chi connectivity index (χ1n) is 7.53. The molecule has 0 radical (unpaired) electrons. The molecule has 0 saturated carbocycles. The first-order valence-corrected chi connectivity index (χ1v) is 8.29. The number of amides is 1. The molecule has 0 aromatic heterocycles. The molecule has 0 aliphatic rings. The van der Waals surface area contributed by atoms with Crippen molar-refractivity contribution < 1.29 is 4.79 Å². The maximum atomic E-state index is 12.1. The van der Waals surface area contributed by atoms with E-state index < -0.39 is 0 Å². The Morgan fingerprint density at radius 2 is 1.71 bits per heavy atom. The predicted octanol–water partition coefficient (Wildman–Crippen LogP) is 4.42. The smallest absolute Gasteiger partial charge is 0.231 e. The molecule has 126 valence electrons. The Kier molecular flexibility index (Phi) is 6.23. The Labute approximate surface area is 151 Å². The first kappa shape index (κ1) is 18.3. The summed E-state index contributed by atoms with van der Waals surface area (Å²) in [6.07, 6.45) is 0.0288. The standard InChI is InChI=1S/C18H19Cl2N3O/c1-11(2)12-6-8-13(9-7-12)22-18(21)23-17(24)10-14-15(19)4-3-5-16(14)20/h3-9,11H,10H2,1-2H3,(H3,21,22,23,24). The van der Waals surface area contributed by atoms with E-state index in [2.05, 4.69) is 24.2 Å². The van der Waals surface area contributed by atoms with Crippen LogP contribution in [0.2, 0.25) is 10.0 Å². The fourth-order valence-electron chi connectivity index (χ4n) is 2.15. The van der Waals surface area contributed by atoms with E-state index in [0.717, 1.165) is 0 Å². The lowest BCUT2D eigenvalue weighted by atomic mass is 10.0. The number of carbonyl (C=O) groups is 1. The summed E-state index contributed by atoms with van der Waals surface area (Å²) in [5.74, 6) is 0.144. The lowest BCUT2D eigenvalue weighted by Gasteiger charge is -2.08. The third-order valence-corrected chi connectivity index (χ3v) is 4.18. The third-order valence-electron chi connectivity index (χ3n) is 3.48. The Morgan fingerprint density at radius 3 is 2.25 bits per heavy atom. The topological polar surface area (TPSA) is 67.5 Å². The highest BCUT2D eigenvalue weighted by Gasteiger charge is 2.11. The van der Waals surface area contributed by atoms with Crippen LogP contribution in [-0.4, -0.2) is 11.9 Å². The number of guanidine groups is 1. The van der Waals surface area contributed by atoms with Gasteiger partial charge in [-0.25, -0.2) is 4.99 Å². The van der Waals surface area contributed by atoms with Gasteiger partial charge in [-0.05, 0) is 41.3 Å². The highest BCUT2D eigenvalue weighted by Crippen LogP contribution is 2.24. The Bertz CT molecular complexity index is 735. The van der Waals surface area contributed by atoms with Crippen molar-refractivity contribution in [2.45, 2.75) is 26.2 Å². The minimum absolute atomic E-state index is 0.0282. The Morgan fingerprint density at radius 1 is 1.12 bits per heavy atom. The van der Waals surface area contributed by atoms with Crippen LogP contribution in [-0.2, 0) is 11.2 Å². The van der Waals surface area contributed by atoms with E-state index >= 15 is 0 Å². The number of nitrogens with zero attached hydrogens (tertiary/aromatic N) is 1. The number of benzene rings is 2. The van der Waals surface area contributed by atoms with Gasteiger partial charge in [0, 0.05) is 10.0 Å². The Hall–Kier alpha value is -2.04. The van der Waals surface area contributed by atoms with Gasteiger partial charge in [-0.2, -0.15) is 0 Å². The molecule has 0 saturated heterocycles. The monoisotopic (exact) mass is 363 g/mol. The zero-order chi connectivity index (χ0) is 17.7. The normalized spacial score (nSPS) is 11.6. The number of nitrogens with two attached hydrogens (primary N) is 1. The molecule has 2 aromatic rings. The minimum atomic E-state index is -0.329. The van der Waals surface area contributed by atoms with Crippen LogP contribution in [0.1, 0.15) is 30.9 Å². The summed E-state index contributed by atoms with van der Waals surface area (Å²) in [6, 6.07) is 12.8. The van der Waals surface area contributed by atoms with Gasteiger partial charge in [-0.3, -0.25) is 10.1 Å². The molecular formula is C18H19Cl2N3O. The molecule has 2 rings (SSSR count). The third kappa shape index (κ3) is 4.98. The first-order chi connectivity index (χ1) is 11.4. The predicted molar refractivity (Wildman–Crippen MR) is 100 cm³/mol. The van der Waals surface area contributed by atoms with Crippen LogP contribution in [0.4, 0.5) is 5.69 Å². The second-order valence-corrected chi connectivity index (χ2v) is 6.48. The lowest BCUT2D eigenvalue weighted by Crippen LogP contribution is -2.37. The summed E-state index contributed by atoms with van der Waals surface area (Å²) in [4.78, 5) is 16.3. The van der Waals surface area contributed by atoms with Crippen LogP contribution < -0.4 is 11.1 Å². The highest BCUT2D eigenvalue weighted by molar-refractivity contribution is 6.36. The molecule has 0 atom stereocenters. The molecule has 2 aromatic carbocycles. The molecule has 4 nitrogen and oxygen atoms in total. The highest BCUT2D eigenvalue weighted by atomic mass is 35.5. The number of nitrogens with one attached hydrogen (secondary N) is 1. The second-order valence-electron chi connectivity index (χ2n) is 5.67. The number of hydrogen-bond acceptors (Lipinski definition) is 2. The van der Waals surface area contributed by atoms with Crippen molar-refractivity contribution in [2.75, 3.05) is 0 Å². The molecule has 1 amide bonds. The SMILES string of the molecule is CC(C)c1ccc(N=C(N)NC(=O)Cc2c(Cl)cccc2Cl)cc1. The van der Waals surface area contributed by atoms with Crippen LogP contribution in [0, 0.1) is 0 Å². The van der Waals surface area contributed by atoms with Crippen LogP contribution >= 0.6 is 23.2 Å². The average molecular weight is 364 g/mol. The van der Waals surface area contributed by atoms with Gasteiger partial charge in [0.15, 0.2) is 0 Å². The van der Waals surface area contributed by atoms with Crippen molar-refractivity contribution in [2.24, 2.45) is 10.7 Å². The van der Waals surface area contributed by atoms with Crippen molar-refractivity contribution in [3.63, 3.8) is 0 Å². The van der Waals surface area contributed by atoms with Gasteiger partial charge in [-0.15, -0.1) is 0 Å². The average Bonchev–Trinajstić information content (AvgIpc) is 2.51.